The van der Waals surface area contributed by atoms with Crippen LogP contribution in [-0.4, -0.2) is 16.2 Å². The van der Waals surface area contributed by atoms with Crippen molar-refractivity contribution in [3.63, 3.8) is 0 Å². The molecular formula is C25H13ClFN3O3S. The summed E-state index contributed by atoms with van der Waals surface area (Å²) >= 11 is 7.00. The molecule has 0 aliphatic heterocycles. The molecule has 0 aliphatic rings. The highest BCUT2D eigenvalue weighted by atomic mass is 35.5. The number of nitriles is 1. The van der Waals surface area contributed by atoms with Gasteiger partial charge in [0, 0.05) is 44.3 Å². The average molecular weight is 490 g/mol. The summed E-state index contributed by atoms with van der Waals surface area (Å²) < 4.78 is 14.7. The molecule has 0 saturated carbocycles. The molecule has 34 heavy (non-hydrogen) atoms. The highest BCUT2D eigenvalue weighted by Crippen LogP contribution is 2.39. The molecule has 0 fully saturated rings. The van der Waals surface area contributed by atoms with E-state index >= 15 is 0 Å². The number of benzene rings is 3. The summed E-state index contributed by atoms with van der Waals surface area (Å²) in [5.41, 5.74) is 1.66. The van der Waals surface area contributed by atoms with Gasteiger partial charge in [0.25, 0.3) is 5.69 Å². The minimum absolute atomic E-state index is 0.0780. The molecule has 0 N–H and O–H groups in total. The Morgan fingerprint density at radius 3 is 2.44 bits per heavy atom. The van der Waals surface area contributed by atoms with Crippen LogP contribution in [0.5, 0.6) is 0 Å². The van der Waals surface area contributed by atoms with E-state index in [9.17, 15) is 24.6 Å². The number of non-ortho nitro benzene ring substituents is 1. The van der Waals surface area contributed by atoms with Crippen LogP contribution in [0.2, 0.25) is 5.02 Å². The van der Waals surface area contributed by atoms with E-state index in [1.807, 2.05) is 0 Å². The van der Waals surface area contributed by atoms with Crippen LogP contribution < -0.4 is 0 Å². The van der Waals surface area contributed by atoms with Crippen molar-refractivity contribution in [2.75, 3.05) is 0 Å². The van der Waals surface area contributed by atoms with Crippen LogP contribution in [-0.2, 0) is 0 Å². The number of nitro groups is 1. The number of hydrogen-bond donors (Lipinski definition) is 0. The van der Waals surface area contributed by atoms with E-state index in [0.717, 1.165) is 17.8 Å². The highest BCUT2D eigenvalue weighted by Gasteiger charge is 2.20. The summed E-state index contributed by atoms with van der Waals surface area (Å²) in [7, 11) is 0. The first-order valence-electron chi connectivity index (χ1n) is 9.78. The Morgan fingerprint density at radius 1 is 1.06 bits per heavy atom. The summed E-state index contributed by atoms with van der Waals surface area (Å²) in [6.07, 6.45) is 0.502. The van der Waals surface area contributed by atoms with Crippen LogP contribution in [0.25, 0.3) is 22.4 Å². The lowest BCUT2D eigenvalue weighted by atomic mass is 9.99. The average Bonchev–Trinajstić information content (AvgIpc) is 2.84. The predicted octanol–water partition coefficient (Wildman–Crippen LogP) is 6.95. The molecule has 0 aliphatic carbocycles. The molecule has 4 rings (SSSR count). The molecule has 3 aromatic carbocycles. The zero-order valence-corrected chi connectivity index (χ0v) is 18.8. The molecule has 9 heteroatoms. The number of pyridine rings is 1. The lowest BCUT2D eigenvalue weighted by Gasteiger charge is -2.14. The standard InChI is InChI=1S/C25H13ClFN3O3S/c26-17-7-5-15(6-8-17)23-12-20(19-3-1-2-4-22(19)27)21(13-28)25(29-23)34-24-10-9-18(30(32)33)11-16(24)14-31/h1-12,14H. The Balaban J connectivity index is 1.94. The predicted molar refractivity (Wildman–Crippen MR) is 127 cm³/mol. The fourth-order valence-electron chi connectivity index (χ4n) is 3.30. The van der Waals surface area contributed by atoms with Gasteiger partial charge in [-0.2, -0.15) is 5.26 Å². The Labute approximate surface area is 202 Å². The Morgan fingerprint density at radius 2 is 1.79 bits per heavy atom. The first-order valence-corrected chi connectivity index (χ1v) is 11.0. The van der Waals surface area contributed by atoms with Crippen LogP contribution >= 0.6 is 23.4 Å². The zero-order chi connectivity index (χ0) is 24.2. The van der Waals surface area contributed by atoms with E-state index in [4.69, 9.17) is 11.6 Å². The van der Waals surface area contributed by atoms with Gasteiger partial charge < -0.3 is 0 Å². The quantitative estimate of drug-likeness (QED) is 0.165. The highest BCUT2D eigenvalue weighted by molar-refractivity contribution is 7.99. The first kappa shape index (κ1) is 23.1. The minimum Gasteiger partial charge on any atom is -0.298 e. The molecule has 0 radical (unpaired) electrons. The van der Waals surface area contributed by atoms with Crippen molar-refractivity contribution in [1.82, 2.24) is 4.98 Å². The molecule has 1 aromatic heterocycles. The number of halogens is 2. The molecule has 166 valence electrons. The van der Waals surface area contributed by atoms with E-state index in [2.05, 4.69) is 11.1 Å². The van der Waals surface area contributed by atoms with Crippen molar-refractivity contribution in [2.45, 2.75) is 9.92 Å². The molecule has 0 spiro atoms. The molecular weight excluding hydrogens is 477 g/mol. The van der Waals surface area contributed by atoms with Crippen molar-refractivity contribution in [1.29, 1.82) is 5.26 Å². The second-order valence-corrected chi connectivity index (χ2v) is 8.50. The van der Waals surface area contributed by atoms with E-state index in [1.165, 1.54) is 18.2 Å². The second kappa shape index (κ2) is 9.83. The second-order valence-electron chi connectivity index (χ2n) is 7.03. The fraction of sp³-hybridized carbons (Fsp3) is 0. The number of aldehydes is 1. The fourth-order valence-corrected chi connectivity index (χ4v) is 4.40. The minimum atomic E-state index is -0.599. The largest absolute Gasteiger partial charge is 0.298 e. The van der Waals surface area contributed by atoms with Gasteiger partial charge >= 0.3 is 0 Å². The number of carbonyl (C=O) groups excluding carboxylic acids is 1. The smallest absolute Gasteiger partial charge is 0.270 e. The monoisotopic (exact) mass is 489 g/mol. The Kier molecular flexibility index (Phi) is 6.68. The SMILES string of the molecule is N#Cc1c(-c2ccccc2F)cc(-c2ccc(Cl)cc2)nc1Sc1ccc([N+](=O)[O-])cc1C=O. The zero-order valence-electron chi connectivity index (χ0n) is 17.2. The topological polar surface area (TPSA) is 96.9 Å². The maximum absolute atomic E-state index is 14.7. The van der Waals surface area contributed by atoms with Gasteiger partial charge in [-0.05, 0) is 30.3 Å². The molecule has 1 heterocycles. The number of rotatable bonds is 6. The molecule has 0 unspecified atom stereocenters. The van der Waals surface area contributed by atoms with Crippen LogP contribution in [0.3, 0.4) is 0 Å². The number of nitro benzene ring substituents is 1. The van der Waals surface area contributed by atoms with Crippen LogP contribution in [0.15, 0.2) is 82.7 Å². The summed E-state index contributed by atoms with van der Waals surface area (Å²) in [5, 5.41) is 21.8. The third-order valence-corrected chi connectivity index (χ3v) is 6.27. The summed E-state index contributed by atoms with van der Waals surface area (Å²) in [6, 6.07) is 20.5. The van der Waals surface area contributed by atoms with Gasteiger partial charge in [-0.15, -0.1) is 0 Å². The maximum atomic E-state index is 14.7. The van der Waals surface area contributed by atoms with Gasteiger partial charge in [-0.25, -0.2) is 9.37 Å². The van der Waals surface area contributed by atoms with Gasteiger partial charge in [0.15, 0.2) is 6.29 Å². The molecule has 6 nitrogen and oxygen atoms in total. The summed E-state index contributed by atoms with van der Waals surface area (Å²) in [4.78, 5) is 27.1. The third-order valence-electron chi connectivity index (χ3n) is 4.94. The number of hydrogen-bond acceptors (Lipinski definition) is 6. The Bertz CT molecular complexity index is 1470. The normalized spacial score (nSPS) is 10.5. The van der Waals surface area contributed by atoms with Gasteiger partial charge in [0.1, 0.15) is 16.9 Å². The summed E-state index contributed by atoms with van der Waals surface area (Å²) in [6.45, 7) is 0. The van der Waals surface area contributed by atoms with E-state index < -0.39 is 10.7 Å². The lowest BCUT2D eigenvalue weighted by Crippen LogP contribution is -1.98. The number of nitrogens with zero attached hydrogens (tertiary/aromatic N) is 3. The van der Waals surface area contributed by atoms with Crippen LogP contribution in [0.1, 0.15) is 15.9 Å². The van der Waals surface area contributed by atoms with Gasteiger partial charge in [-0.3, -0.25) is 14.9 Å². The third kappa shape index (κ3) is 4.66. The van der Waals surface area contributed by atoms with Crippen LogP contribution in [0.4, 0.5) is 10.1 Å². The molecule has 0 amide bonds. The van der Waals surface area contributed by atoms with Crippen molar-refractivity contribution in [3.05, 3.63) is 105 Å². The van der Waals surface area contributed by atoms with Crippen molar-refractivity contribution >= 4 is 35.3 Å². The first-order chi connectivity index (χ1) is 16.4. The molecule has 4 aromatic rings. The van der Waals surface area contributed by atoms with Crippen LogP contribution in [0, 0.1) is 27.3 Å². The van der Waals surface area contributed by atoms with Gasteiger partial charge in [0.2, 0.25) is 0 Å². The van der Waals surface area contributed by atoms with Crippen molar-refractivity contribution in [3.8, 4) is 28.5 Å². The molecule has 0 saturated heterocycles. The van der Waals surface area contributed by atoms with Crippen molar-refractivity contribution in [2.24, 2.45) is 0 Å². The number of aromatic nitrogens is 1. The van der Waals surface area contributed by atoms with Crippen molar-refractivity contribution < 1.29 is 14.1 Å². The molecule has 0 bridgehead atoms. The maximum Gasteiger partial charge on any atom is 0.270 e. The summed E-state index contributed by atoms with van der Waals surface area (Å²) in [5.74, 6) is -0.507. The van der Waals surface area contributed by atoms with E-state index in [0.29, 0.717) is 33.0 Å². The van der Waals surface area contributed by atoms with Gasteiger partial charge in [0.05, 0.1) is 16.2 Å². The number of carbonyl (C=O) groups is 1. The lowest BCUT2D eigenvalue weighted by molar-refractivity contribution is -0.384. The van der Waals surface area contributed by atoms with Gasteiger partial charge in [-0.1, -0.05) is 53.7 Å². The van der Waals surface area contributed by atoms with E-state index in [-0.39, 0.29) is 27.4 Å². The molecule has 0 atom stereocenters. The van der Waals surface area contributed by atoms with E-state index in [1.54, 1.807) is 48.5 Å². The Hall–Kier alpha value is -4.06.